The minimum absolute atomic E-state index is 0.305. The van der Waals surface area contributed by atoms with Gasteiger partial charge in [0.2, 0.25) is 0 Å². The molecular formula is C15H22BrN. The second kappa shape index (κ2) is 5.53. The Morgan fingerprint density at radius 2 is 2.18 bits per heavy atom. The predicted octanol–water partition coefficient (Wildman–Crippen LogP) is 4.16. The van der Waals surface area contributed by atoms with Crippen molar-refractivity contribution >= 4 is 15.9 Å². The van der Waals surface area contributed by atoms with Gasteiger partial charge in [0.25, 0.3) is 0 Å². The molecule has 1 heterocycles. The molecule has 0 spiro atoms. The number of halogens is 1. The van der Waals surface area contributed by atoms with Crippen LogP contribution in [0.25, 0.3) is 0 Å². The molecule has 0 aromatic heterocycles. The molecule has 1 aromatic carbocycles. The van der Waals surface area contributed by atoms with Crippen LogP contribution < -0.4 is 5.32 Å². The van der Waals surface area contributed by atoms with Crippen molar-refractivity contribution in [3.63, 3.8) is 0 Å². The van der Waals surface area contributed by atoms with Gasteiger partial charge in [0.05, 0.1) is 0 Å². The van der Waals surface area contributed by atoms with Crippen molar-refractivity contribution in [1.82, 2.24) is 5.32 Å². The fourth-order valence-corrected chi connectivity index (χ4v) is 3.30. The summed E-state index contributed by atoms with van der Waals surface area (Å²) in [7, 11) is 0. The molecular weight excluding hydrogens is 274 g/mol. The summed E-state index contributed by atoms with van der Waals surface area (Å²) in [4.78, 5) is 0. The Hall–Kier alpha value is -0.340. The molecule has 0 saturated carbocycles. The molecule has 1 N–H and O–H groups in total. The lowest BCUT2D eigenvalue weighted by Gasteiger charge is -2.42. The van der Waals surface area contributed by atoms with Crippen LogP contribution in [0.15, 0.2) is 28.7 Å². The van der Waals surface area contributed by atoms with Crippen LogP contribution in [0.2, 0.25) is 0 Å². The second-order valence-corrected chi connectivity index (χ2v) is 6.42. The average molecular weight is 296 g/mol. The van der Waals surface area contributed by atoms with E-state index in [0.717, 1.165) is 6.42 Å². The zero-order chi connectivity index (χ0) is 12.3. The fraction of sp³-hybridized carbons (Fsp3) is 0.600. The summed E-state index contributed by atoms with van der Waals surface area (Å²) >= 11 is 3.56. The number of benzene rings is 1. The summed E-state index contributed by atoms with van der Waals surface area (Å²) in [5.41, 5.74) is 1.74. The first kappa shape index (κ1) is 13.1. The molecule has 1 fully saturated rings. The highest BCUT2D eigenvalue weighted by molar-refractivity contribution is 9.10. The molecule has 1 aliphatic heterocycles. The van der Waals surface area contributed by atoms with Crippen LogP contribution in [0.1, 0.15) is 38.7 Å². The number of piperidine rings is 1. The van der Waals surface area contributed by atoms with Gasteiger partial charge in [-0.1, -0.05) is 48.3 Å². The normalized spacial score (nSPS) is 25.2. The van der Waals surface area contributed by atoms with Crippen LogP contribution in [0.4, 0.5) is 0 Å². The van der Waals surface area contributed by atoms with Gasteiger partial charge in [-0.05, 0) is 49.4 Å². The molecule has 0 radical (unpaired) electrons. The zero-order valence-electron chi connectivity index (χ0n) is 10.8. The van der Waals surface area contributed by atoms with Crippen molar-refractivity contribution in [2.24, 2.45) is 5.92 Å². The summed E-state index contributed by atoms with van der Waals surface area (Å²) in [5, 5.41) is 3.78. The first-order valence-corrected chi connectivity index (χ1v) is 7.41. The summed E-state index contributed by atoms with van der Waals surface area (Å²) in [5.74, 6) is 0.682. The maximum Gasteiger partial charge on any atom is 0.0244 e. The van der Waals surface area contributed by atoms with Gasteiger partial charge in [0, 0.05) is 10.0 Å². The molecule has 1 atom stereocenters. The lowest BCUT2D eigenvalue weighted by Crippen LogP contribution is -2.54. The van der Waals surface area contributed by atoms with Crippen molar-refractivity contribution in [3.8, 4) is 0 Å². The summed E-state index contributed by atoms with van der Waals surface area (Å²) in [6, 6.07) is 8.72. The molecule has 1 aliphatic rings. The van der Waals surface area contributed by atoms with Gasteiger partial charge >= 0.3 is 0 Å². The Bertz CT molecular complexity index is 367. The van der Waals surface area contributed by atoms with Gasteiger partial charge in [0.15, 0.2) is 0 Å². The largest absolute Gasteiger partial charge is 0.311 e. The number of nitrogens with one attached hydrogen (secondary N) is 1. The van der Waals surface area contributed by atoms with Gasteiger partial charge < -0.3 is 5.32 Å². The van der Waals surface area contributed by atoms with Crippen molar-refractivity contribution in [3.05, 3.63) is 34.3 Å². The smallest absolute Gasteiger partial charge is 0.0244 e. The summed E-state index contributed by atoms with van der Waals surface area (Å²) in [6.07, 6.45) is 5.13. The van der Waals surface area contributed by atoms with E-state index in [2.05, 4.69) is 59.4 Å². The highest BCUT2D eigenvalue weighted by Gasteiger charge is 2.34. The molecule has 1 saturated heterocycles. The Morgan fingerprint density at radius 1 is 1.35 bits per heavy atom. The summed E-state index contributed by atoms with van der Waals surface area (Å²) < 4.78 is 1.18. The van der Waals surface area contributed by atoms with E-state index >= 15 is 0 Å². The van der Waals surface area contributed by atoms with Gasteiger partial charge in [-0.3, -0.25) is 0 Å². The molecule has 0 amide bonds. The standard InChI is InChI=1S/C15H22BrN/c1-12(2)15(8-3-4-9-17-15)11-13-6-5-7-14(16)10-13/h5-7,10,12,17H,3-4,8-9,11H2,1-2H3. The van der Waals surface area contributed by atoms with E-state index in [1.165, 1.54) is 35.8 Å². The first-order valence-electron chi connectivity index (χ1n) is 6.62. The van der Waals surface area contributed by atoms with Crippen LogP contribution in [-0.2, 0) is 6.42 Å². The van der Waals surface area contributed by atoms with E-state index < -0.39 is 0 Å². The average Bonchev–Trinajstić information content (AvgIpc) is 2.30. The Morgan fingerprint density at radius 3 is 2.76 bits per heavy atom. The van der Waals surface area contributed by atoms with E-state index in [-0.39, 0.29) is 0 Å². The van der Waals surface area contributed by atoms with Crippen molar-refractivity contribution in [2.75, 3.05) is 6.54 Å². The lowest BCUT2D eigenvalue weighted by atomic mass is 9.75. The Kier molecular flexibility index (Phi) is 4.26. The van der Waals surface area contributed by atoms with E-state index in [1.54, 1.807) is 0 Å². The Balaban J connectivity index is 2.17. The minimum atomic E-state index is 0.305. The highest BCUT2D eigenvalue weighted by atomic mass is 79.9. The minimum Gasteiger partial charge on any atom is -0.311 e. The second-order valence-electron chi connectivity index (χ2n) is 5.50. The SMILES string of the molecule is CC(C)C1(Cc2cccc(Br)c2)CCCCN1. The number of rotatable bonds is 3. The third-order valence-electron chi connectivity index (χ3n) is 4.04. The van der Waals surface area contributed by atoms with E-state index in [0.29, 0.717) is 11.5 Å². The van der Waals surface area contributed by atoms with Gasteiger partial charge in [0.1, 0.15) is 0 Å². The lowest BCUT2D eigenvalue weighted by molar-refractivity contribution is 0.182. The first-order chi connectivity index (χ1) is 8.12. The van der Waals surface area contributed by atoms with Crippen molar-refractivity contribution in [1.29, 1.82) is 0 Å². The van der Waals surface area contributed by atoms with Gasteiger partial charge in [-0.15, -0.1) is 0 Å². The maximum atomic E-state index is 3.78. The molecule has 2 heteroatoms. The van der Waals surface area contributed by atoms with Gasteiger partial charge in [-0.2, -0.15) is 0 Å². The molecule has 94 valence electrons. The number of hydrogen-bond acceptors (Lipinski definition) is 1. The predicted molar refractivity (Wildman–Crippen MR) is 77.3 cm³/mol. The molecule has 0 aliphatic carbocycles. The summed E-state index contributed by atoms with van der Waals surface area (Å²) in [6.45, 7) is 5.86. The van der Waals surface area contributed by atoms with Crippen LogP contribution in [0.5, 0.6) is 0 Å². The van der Waals surface area contributed by atoms with Crippen molar-refractivity contribution < 1.29 is 0 Å². The maximum absolute atomic E-state index is 3.78. The molecule has 1 aromatic rings. The van der Waals surface area contributed by atoms with Crippen LogP contribution in [-0.4, -0.2) is 12.1 Å². The Labute approximate surface area is 113 Å². The third-order valence-corrected chi connectivity index (χ3v) is 4.53. The number of hydrogen-bond donors (Lipinski definition) is 1. The van der Waals surface area contributed by atoms with Crippen molar-refractivity contribution in [2.45, 2.75) is 45.1 Å². The van der Waals surface area contributed by atoms with Crippen LogP contribution in [0, 0.1) is 5.92 Å². The van der Waals surface area contributed by atoms with Crippen LogP contribution >= 0.6 is 15.9 Å². The molecule has 17 heavy (non-hydrogen) atoms. The van der Waals surface area contributed by atoms with Crippen LogP contribution in [0.3, 0.4) is 0 Å². The molecule has 1 unspecified atom stereocenters. The molecule has 1 nitrogen and oxygen atoms in total. The zero-order valence-corrected chi connectivity index (χ0v) is 12.4. The monoisotopic (exact) mass is 295 g/mol. The van der Waals surface area contributed by atoms with E-state index in [1.807, 2.05) is 0 Å². The van der Waals surface area contributed by atoms with E-state index in [4.69, 9.17) is 0 Å². The fourth-order valence-electron chi connectivity index (χ4n) is 2.85. The topological polar surface area (TPSA) is 12.0 Å². The van der Waals surface area contributed by atoms with Gasteiger partial charge in [-0.25, -0.2) is 0 Å². The third kappa shape index (κ3) is 3.11. The highest BCUT2D eigenvalue weighted by Crippen LogP contribution is 2.31. The molecule has 0 bridgehead atoms. The quantitative estimate of drug-likeness (QED) is 0.883. The van der Waals surface area contributed by atoms with E-state index in [9.17, 15) is 0 Å². The molecule has 2 rings (SSSR count).